The topological polar surface area (TPSA) is 13.1 Å². The van der Waals surface area contributed by atoms with E-state index in [1.54, 1.807) is 0 Å². The van der Waals surface area contributed by atoms with Gasteiger partial charge in [-0.25, -0.2) is 0 Å². The quantitative estimate of drug-likeness (QED) is 0.174. The highest BCUT2D eigenvalue weighted by atomic mass is 35.5. The molecular formula is C30H36ClNO. The van der Waals surface area contributed by atoms with Crippen molar-refractivity contribution in [3.05, 3.63) is 72.8 Å². The van der Waals surface area contributed by atoms with Crippen molar-refractivity contribution < 1.29 is 21.7 Å². The van der Waals surface area contributed by atoms with Crippen LogP contribution in [0, 0.1) is 0 Å². The molecule has 0 fully saturated rings. The lowest BCUT2D eigenvalue weighted by molar-refractivity contribution is -0.617. The summed E-state index contributed by atoms with van der Waals surface area (Å²) in [6, 6.07) is 26.0. The molecule has 0 saturated heterocycles. The van der Waals surface area contributed by atoms with E-state index in [0.29, 0.717) is 0 Å². The number of benzene rings is 3. The van der Waals surface area contributed by atoms with E-state index >= 15 is 0 Å². The van der Waals surface area contributed by atoms with E-state index in [-0.39, 0.29) is 12.4 Å². The number of fused-ring (bicyclic) bond motifs is 2. The Hall–Kier alpha value is -2.58. The second kappa shape index (κ2) is 12.6. The summed E-state index contributed by atoms with van der Waals surface area (Å²) in [7, 11) is 2.15. The number of para-hydroxylation sites is 2. The van der Waals surface area contributed by atoms with Gasteiger partial charge in [0, 0.05) is 17.7 Å². The summed E-state index contributed by atoms with van der Waals surface area (Å²) < 4.78 is 8.32. The zero-order valence-corrected chi connectivity index (χ0v) is 20.8. The summed E-state index contributed by atoms with van der Waals surface area (Å²) in [4.78, 5) is 0. The summed E-state index contributed by atoms with van der Waals surface area (Å²) in [6.07, 6.45) is 10.6. The second-order valence-electron chi connectivity index (χ2n) is 8.82. The van der Waals surface area contributed by atoms with Crippen LogP contribution in [0.1, 0.15) is 58.3 Å². The van der Waals surface area contributed by atoms with Crippen LogP contribution in [0.5, 0.6) is 5.75 Å². The molecule has 4 rings (SSSR count). The van der Waals surface area contributed by atoms with E-state index < -0.39 is 0 Å². The van der Waals surface area contributed by atoms with Gasteiger partial charge in [-0.15, -0.1) is 0 Å². The highest BCUT2D eigenvalue weighted by molar-refractivity contribution is 6.07. The third-order valence-electron chi connectivity index (χ3n) is 6.48. The van der Waals surface area contributed by atoms with Crippen LogP contribution < -0.4 is 21.7 Å². The molecule has 0 aliphatic rings. The van der Waals surface area contributed by atoms with E-state index in [9.17, 15) is 0 Å². The molecule has 0 unspecified atom stereocenters. The Balaban J connectivity index is 0.00000306. The molecule has 0 spiro atoms. The van der Waals surface area contributed by atoms with Gasteiger partial charge < -0.3 is 17.1 Å². The maximum atomic E-state index is 6.03. The SMILES string of the molecule is CCCCCCCCCCOc1ccc(-c2c3ccccc3[n+](C)c3ccccc23)cc1.[Cl-]. The minimum atomic E-state index is 0. The zero-order valence-electron chi connectivity index (χ0n) is 20.0. The number of hydrogen-bond donors (Lipinski definition) is 0. The average molecular weight is 462 g/mol. The molecule has 2 nitrogen and oxygen atoms in total. The Morgan fingerprint density at radius 2 is 1.15 bits per heavy atom. The number of unbranched alkanes of at least 4 members (excludes halogenated alkanes) is 7. The van der Waals surface area contributed by atoms with E-state index in [1.807, 2.05) is 0 Å². The number of hydrogen-bond acceptors (Lipinski definition) is 1. The van der Waals surface area contributed by atoms with Crippen LogP contribution in [0.3, 0.4) is 0 Å². The lowest BCUT2D eigenvalue weighted by atomic mass is 9.96. The largest absolute Gasteiger partial charge is 1.00 e. The van der Waals surface area contributed by atoms with Gasteiger partial charge in [-0.1, -0.05) is 88.3 Å². The van der Waals surface area contributed by atoms with Crippen LogP contribution in [0.15, 0.2) is 72.8 Å². The van der Waals surface area contributed by atoms with Crippen molar-refractivity contribution in [2.75, 3.05) is 6.61 Å². The third-order valence-corrected chi connectivity index (χ3v) is 6.48. The minimum Gasteiger partial charge on any atom is -1.00 e. The van der Waals surface area contributed by atoms with Gasteiger partial charge in [0.1, 0.15) is 12.8 Å². The lowest BCUT2D eigenvalue weighted by Gasteiger charge is -2.12. The fourth-order valence-electron chi connectivity index (χ4n) is 4.68. The van der Waals surface area contributed by atoms with Crippen LogP contribution in [-0.4, -0.2) is 6.61 Å². The number of halogens is 1. The smallest absolute Gasteiger partial charge is 0.213 e. The Kier molecular flexibility index (Phi) is 9.57. The van der Waals surface area contributed by atoms with Crippen LogP contribution in [0.4, 0.5) is 0 Å². The minimum absolute atomic E-state index is 0. The van der Waals surface area contributed by atoms with Crippen molar-refractivity contribution in [1.29, 1.82) is 0 Å². The molecule has 0 bridgehead atoms. The van der Waals surface area contributed by atoms with Gasteiger partial charge >= 0.3 is 0 Å². The van der Waals surface area contributed by atoms with Crippen molar-refractivity contribution in [1.82, 2.24) is 0 Å². The molecular weight excluding hydrogens is 426 g/mol. The first-order valence-electron chi connectivity index (χ1n) is 12.3. The van der Waals surface area contributed by atoms with E-state index in [0.717, 1.165) is 18.8 Å². The van der Waals surface area contributed by atoms with E-state index in [2.05, 4.69) is 91.3 Å². The van der Waals surface area contributed by atoms with Crippen LogP contribution in [0.25, 0.3) is 32.9 Å². The molecule has 33 heavy (non-hydrogen) atoms. The number of pyridine rings is 1. The van der Waals surface area contributed by atoms with Gasteiger partial charge in [0.05, 0.1) is 17.4 Å². The summed E-state index contributed by atoms with van der Waals surface area (Å²) in [6.45, 7) is 3.08. The summed E-state index contributed by atoms with van der Waals surface area (Å²) in [5, 5.41) is 2.56. The van der Waals surface area contributed by atoms with Gasteiger partial charge in [0.2, 0.25) is 11.0 Å². The molecule has 3 heteroatoms. The monoisotopic (exact) mass is 461 g/mol. The molecule has 0 amide bonds. The van der Waals surface area contributed by atoms with Crippen molar-refractivity contribution in [3.8, 4) is 16.9 Å². The van der Waals surface area contributed by atoms with Crippen molar-refractivity contribution in [2.45, 2.75) is 58.3 Å². The van der Waals surface area contributed by atoms with Crippen molar-refractivity contribution in [2.24, 2.45) is 7.05 Å². The summed E-state index contributed by atoms with van der Waals surface area (Å²) >= 11 is 0. The summed E-state index contributed by atoms with van der Waals surface area (Å²) in [5.41, 5.74) is 5.02. The van der Waals surface area contributed by atoms with Gasteiger partial charge in [-0.05, 0) is 36.2 Å². The molecule has 1 heterocycles. The predicted molar refractivity (Wildman–Crippen MR) is 136 cm³/mol. The zero-order chi connectivity index (χ0) is 22.2. The molecule has 1 aromatic heterocycles. The molecule has 0 N–H and O–H groups in total. The predicted octanol–water partition coefficient (Wildman–Crippen LogP) is 5.01. The maximum Gasteiger partial charge on any atom is 0.213 e. The highest BCUT2D eigenvalue weighted by Crippen LogP contribution is 2.34. The standard InChI is InChI=1S/C30H36NO.ClH/c1-3-4-5-6-7-8-9-14-23-32-25-21-19-24(20-22-25)30-26-15-10-12-17-28(26)31(2)29-18-13-11-16-27(29)30;/h10-13,15-22H,3-9,14,23H2,1-2H3;1H/q+1;/p-1. The van der Waals surface area contributed by atoms with Gasteiger partial charge in [0.15, 0.2) is 0 Å². The fraction of sp³-hybridized carbons (Fsp3) is 0.367. The number of nitrogens with zero attached hydrogens (tertiary/aromatic N) is 1. The van der Waals surface area contributed by atoms with Crippen LogP contribution >= 0.6 is 0 Å². The molecule has 0 atom stereocenters. The molecule has 0 saturated carbocycles. The Morgan fingerprint density at radius 1 is 0.636 bits per heavy atom. The third kappa shape index (κ3) is 6.06. The van der Waals surface area contributed by atoms with Crippen molar-refractivity contribution >= 4 is 21.8 Å². The number of aromatic nitrogens is 1. The molecule has 0 aliphatic carbocycles. The molecule has 0 radical (unpaired) electrons. The number of rotatable bonds is 11. The summed E-state index contributed by atoms with van der Waals surface area (Å²) in [5.74, 6) is 0.965. The van der Waals surface area contributed by atoms with Gasteiger partial charge in [-0.2, -0.15) is 4.57 Å². The van der Waals surface area contributed by atoms with Gasteiger partial charge in [0.25, 0.3) is 0 Å². The second-order valence-corrected chi connectivity index (χ2v) is 8.82. The maximum absolute atomic E-state index is 6.03. The average Bonchev–Trinajstić information content (AvgIpc) is 2.84. The fourth-order valence-corrected chi connectivity index (χ4v) is 4.68. The Bertz CT molecular complexity index is 1100. The first-order chi connectivity index (χ1) is 15.8. The van der Waals surface area contributed by atoms with E-state index in [1.165, 1.54) is 77.9 Å². The normalized spacial score (nSPS) is 11.0. The Morgan fingerprint density at radius 3 is 1.73 bits per heavy atom. The van der Waals surface area contributed by atoms with Crippen LogP contribution in [0.2, 0.25) is 0 Å². The molecule has 4 aromatic rings. The molecule has 174 valence electrons. The first kappa shape index (κ1) is 25.1. The van der Waals surface area contributed by atoms with Gasteiger partial charge in [-0.3, -0.25) is 0 Å². The highest BCUT2D eigenvalue weighted by Gasteiger charge is 2.18. The Labute approximate surface area is 205 Å². The molecule has 3 aromatic carbocycles. The van der Waals surface area contributed by atoms with Crippen molar-refractivity contribution in [3.63, 3.8) is 0 Å². The number of ether oxygens (including phenoxy) is 1. The first-order valence-corrected chi connectivity index (χ1v) is 12.3. The lowest BCUT2D eigenvalue weighted by Crippen LogP contribution is -3.00. The van der Waals surface area contributed by atoms with Crippen LogP contribution in [-0.2, 0) is 7.05 Å². The molecule has 0 aliphatic heterocycles. The number of aryl methyl sites for hydroxylation is 1. The van der Waals surface area contributed by atoms with E-state index in [4.69, 9.17) is 4.74 Å².